The van der Waals surface area contributed by atoms with Crippen molar-refractivity contribution in [1.82, 2.24) is 5.32 Å². The molecule has 2 N–H and O–H groups in total. The van der Waals surface area contributed by atoms with Crippen LogP contribution in [0.1, 0.15) is 104 Å². The summed E-state index contributed by atoms with van der Waals surface area (Å²) in [6, 6.07) is -0.872. The Hall–Kier alpha value is -0.760. The molecule has 0 fully saturated rings. The SMILES string of the molecule is CCCCCCCCC/C=C/C(O)C(COP(=O)([O-])OCC[N+](C)(C)C)NC(=O)CCCCCCC. The number of amides is 1. The number of rotatable bonds is 24. The van der Waals surface area contributed by atoms with Crippen LogP contribution >= 0.6 is 7.82 Å². The average Bonchev–Trinajstić information content (AvgIpc) is 2.79. The highest BCUT2D eigenvalue weighted by atomic mass is 31.2. The molecule has 3 unspecified atom stereocenters. The predicted octanol–water partition coefficient (Wildman–Crippen LogP) is 5.10. The number of aliphatic hydroxyl groups is 1. The van der Waals surface area contributed by atoms with Crippen molar-refractivity contribution in [2.75, 3.05) is 40.9 Å². The smallest absolute Gasteiger partial charge is 0.268 e. The number of phosphoric ester groups is 1. The minimum atomic E-state index is -4.55. The van der Waals surface area contributed by atoms with Gasteiger partial charge in [-0.05, 0) is 19.3 Å². The van der Waals surface area contributed by atoms with Crippen LogP contribution in [0, 0.1) is 0 Å². The van der Waals surface area contributed by atoms with Gasteiger partial charge in [-0.15, -0.1) is 0 Å². The minimum Gasteiger partial charge on any atom is -0.756 e. The lowest BCUT2D eigenvalue weighted by Gasteiger charge is -2.29. The molecule has 0 saturated carbocycles. The van der Waals surface area contributed by atoms with E-state index in [0.717, 1.165) is 51.4 Å². The fourth-order valence-electron chi connectivity index (χ4n) is 3.62. The highest BCUT2D eigenvalue weighted by molar-refractivity contribution is 7.45. The van der Waals surface area contributed by atoms with Crippen molar-refractivity contribution in [2.45, 2.75) is 116 Å². The van der Waals surface area contributed by atoms with Crippen LogP contribution in [0.2, 0.25) is 0 Å². The van der Waals surface area contributed by atoms with Gasteiger partial charge in [0.05, 0.1) is 39.9 Å². The number of hydrogen-bond acceptors (Lipinski definition) is 6. The number of nitrogens with one attached hydrogen (secondary N) is 1. The number of likely N-dealkylation sites (N-methyl/N-ethyl adjacent to an activating group) is 1. The number of quaternary nitrogens is 1. The van der Waals surface area contributed by atoms with Gasteiger partial charge in [-0.25, -0.2) is 0 Å². The van der Waals surface area contributed by atoms with Gasteiger partial charge in [0.15, 0.2) is 0 Å². The molecule has 0 bridgehead atoms. The van der Waals surface area contributed by atoms with E-state index in [-0.39, 0.29) is 19.1 Å². The van der Waals surface area contributed by atoms with Crippen molar-refractivity contribution in [1.29, 1.82) is 0 Å². The van der Waals surface area contributed by atoms with Crippen LogP contribution in [0.15, 0.2) is 12.2 Å². The Kier molecular flexibility index (Phi) is 20.8. The molecule has 0 aliphatic rings. The first-order valence-corrected chi connectivity index (χ1v) is 15.5. The van der Waals surface area contributed by atoms with E-state index in [1.807, 2.05) is 27.2 Å². The van der Waals surface area contributed by atoms with E-state index in [0.29, 0.717) is 17.4 Å². The summed E-state index contributed by atoms with van der Waals surface area (Å²) in [6.45, 7) is 4.47. The second-order valence-electron chi connectivity index (χ2n) is 10.8. The van der Waals surface area contributed by atoms with Gasteiger partial charge < -0.3 is 28.8 Å². The van der Waals surface area contributed by atoms with Crippen molar-refractivity contribution in [2.24, 2.45) is 0 Å². The van der Waals surface area contributed by atoms with Crippen LogP contribution in [0.3, 0.4) is 0 Å². The summed E-state index contributed by atoms with van der Waals surface area (Å²) < 4.78 is 22.7. The molecular formula is C27H55N2O6P. The first-order chi connectivity index (χ1) is 17.0. The Labute approximate surface area is 221 Å². The first kappa shape index (κ1) is 35.2. The van der Waals surface area contributed by atoms with E-state index >= 15 is 0 Å². The summed E-state index contributed by atoms with van der Waals surface area (Å²) in [6.07, 6.45) is 17.2. The molecule has 0 aliphatic heterocycles. The molecular weight excluding hydrogens is 479 g/mol. The molecule has 1 amide bonds. The normalized spacial score (nSPS) is 15.6. The molecule has 214 valence electrons. The number of aliphatic hydroxyl groups excluding tert-OH is 1. The van der Waals surface area contributed by atoms with Gasteiger partial charge in [-0.1, -0.05) is 90.2 Å². The molecule has 0 aromatic carbocycles. The summed E-state index contributed by atoms with van der Waals surface area (Å²) >= 11 is 0. The van der Waals surface area contributed by atoms with Crippen LogP contribution in [0.4, 0.5) is 0 Å². The number of unbranched alkanes of at least 4 members (excludes halogenated alkanes) is 11. The van der Waals surface area contributed by atoms with Crippen molar-refractivity contribution in [3.8, 4) is 0 Å². The standard InChI is InChI=1S/C27H55N2O6P/c1-6-8-10-12-13-14-15-17-18-20-26(30)25(28-27(31)21-19-16-11-9-7-2)24-35-36(32,33)34-23-22-29(3,4)5/h18,20,25-26,30H,6-17,19,21-24H2,1-5H3,(H-,28,31,32,33)/b20-18+. The monoisotopic (exact) mass is 534 g/mol. The van der Waals surface area contributed by atoms with Crippen molar-refractivity contribution < 1.29 is 32.9 Å². The van der Waals surface area contributed by atoms with Gasteiger partial charge in [0.25, 0.3) is 7.82 Å². The molecule has 0 spiro atoms. The molecule has 0 aliphatic carbocycles. The fourth-order valence-corrected chi connectivity index (χ4v) is 4.34. The van der Waals surface area contributed by atoms with Crippen LogP contribution in [0.5, 0.6) is 0 Å². The van der Waals surface area contributed by atoms with Crippen molar-refractivity contribution in [3.05, 3.63) is 12.2 Å². The molecule has 9 heteroatoms. The van der Waals surface area contributed by atoms with E-state index in [9.17, 15) is 19.4 Å². The van der Waals surface area contributed by atoms with Crippen molar-refractivity contribution in [3.63, 3.8) is 0 Å². The van der Waals surface area contributed by atoms with Crippen LogP contribution in [-0.2, 0) is 18.4 Å². The zero-order valence-electron chi connectivity index (χ0n) is 23.7. The molecule has 0 aromatic rings. The fraction of sp³-hybridized carbons (Fsp3) is 0.889. The Bertz CT molecular complexity index is 624. The Balaban J connectivity index is 4.72. The highest BCUT2D eigenvalue weighted by Crippen LogP contribution is 2.38. The third-order valence-electron chi connectivity index (χ3n) is 6.00. The van der Waals surface area contributed by atoms with Gasteiger partial charge >= 0.3 is 0 Å². The van der Waals surface area contributed by atoms with E-state index in [2.05, 4.69) is 19.2 Å². The summed E-state index contributed by atoms with van der Waals surface area (Å²) in [4.78, 5) is 24.6. The second-order valence-corrected chi connectivity index (χ2v) is 12.2. The first-order valence-electron chi connectivity index (χ1n) is 14.1. The van der Waals surface area contributed by atoms with E-state index in [1.165, 1.54) is 32.1 Å². The third kappa shape index (κ3) is 22.4. The predicted molar refractivity (Wildman–Crippen MR) is 145 cm³/mol. The minimum absolute atomic E-state index is 0.0000354. The molecule has 0 saturated heterocycles. The molecule has 0 rings (SSSR count). The molecule has 36 heavy (non-hydrogen) atoms. The highest BCUT2D eigenvalue weighted by Gasteiger charge is 2.23. The lowest BCUT2D eigenvalue weighted by molar-refractivity contribution is -0.870. The number of phosphoric acid groups is 1. The van der Waals surface area contributed by atoms with E-state index < -0.39 is 20.0 Å². The molecule has 0 heterocycles. The molecule has 3 atom stereocenters. The zero-order valence-corrected chi connectivity index (χ0v) is 24.6. The zero-order chi connectivity index (χ0) is 27.3. The lowest BCUT2D eigenvalue weighted by Crippen LogP contribution is -2.45. The van der Waals surface area contributed by atoms with Gasteiger partial charge in [-0.2, -0.15) is 0 Å². The third-order valence-corrected chi connectivity index (χ3v) is 6.96. The largest absolute Gasteiger partial charge is 0.756 e. The summed E-state index contributed by atoms with van der Waals surface area (Å²) in [7, 11) is 1.25. The van der Waals surface area contributed by atoms with E-state index in [4.69, 9.17) is 9.05 Å². The Morgan fingerprint density at radius 3 is 2.08 bits per heavy atom. The summed E-state index contributed by atoms with van der Waals surface area (Å²) in [5, 5.41) is 13.4. The van der Waals surface area contributed by atoms with Crippen LogP contribution in [-0.4, -0.2) is 68.5 Å². The van der Waals surface area contributed by atoms with Crippen molar-refractivity contribution >= 4 is 13.7 Å². The number of carbonyl (C=O) groups excluding carboxylic acids is 1. The van der Waals surface area contributed by atoms with Gasteiger partial charge in [0.2, 0.25) is 5.91 Å². The number of hydrogen-bond donors (Lipinski definition) is 2. The van der Waals surface area contributed by atoms with Gasteiger partial charge in [0, 0.05) is 6.42 Å². The average molecular weight is 535 g/mol. The van der Waals surface area contributed by atoms with Gasteiger partial charge in [-0.3, -0.25) is 9.36 Å². The maximum absolute atomic E-state index is 12.4. The Morgan fingerprint density at radius 2 is 1.50 bits per heavy atom. The van der Waals surface area contributed by atoms with Gasteiger partial charge in [0.1, 0.15) is 13.2 Å². The topological polar surface area (TPSA) is 108 Å². The van der Waals surface area contributed by atoms with E-state index in [1.54, 1.807) is 6.08 Å². The Morgan fingerprint density at radius 1 is 0.944 bits per heavy atom. The maximum Gasteiger partial charge on any atom is 0.268 e. The maximum atomic E-state index is 12.4. The second kappa shape index (κ2) is 21.2. The van der Waals surface area contributed by atoms with Crippen LogP contribution in [0.25, 0.3) is 0 Å². The molecule has 0 aromatic heterocycles. The molecule has 0 radical (unpaired) electrons. The summed E-state index contributed by atoms with van der Waals surface area (Å²) in [5.41, 5.74) is 0. The number of carbonyl (C=O) groups is 1. The number of allylic oxidation sites excluding steroid dienone is 1. The van der Waals surface area contributed by atoms with Crippen LogP contribution < -0.4 is 10.2 Å². The lowest BCUT2D eigenvalue weighted by atomic mass is 10.1. The number of nitrogens with zero attached hydrogens (tertiary/aromatic N) is 1. The summed E-state index contributed by atoms with van der Waals surface area (Å²) in [5.74, 6) is -0.216. The quantitative estimate of drug-likeness (QED) is 0.0772. The molecule has 8 nitrogen and oxygen atoms in total.